The van der Waals surface area contributed by atoms with Crippen LogP contribution in [0.15, 0.2) is 65.2 Å². The van der Waals surface area contributed by atoms with Crippen LogP contribution < -0.4 is 5.32 Å². The van der Waals surface area contributed by atoms with E-state index in [0.29, 0.717) is 27.9 Å². The van der Waals surface area contributed by atoms with E-state index in [-0.39, 0.29) is 5.78 Å². The molecule has 2 aromatic carbocycles. The topological polar surface area (TPSA) is 55.1 Å². The summed E-state index contributed by atoms with van der Waals surface area (Å²) in [6.07, 6.45) is 1.75. The Morgan fingerprint density at radius 2 is 1.96 bits per heavy atom. The zero-order valence-electron chi connectivity index (χ0n) is 13.0. The van der Waals surface area contributed by atoms with Crippen LogP contribution in [0.2, 0.25) is 4.47 Å². The SMILES string of the molecule is O=C(c1ccc(NCc2cnc(Cl)s2)cc1)c1cc2ccccc2o1. The van der Waals surface area contributed by atoms with Crippen molar-refractivity contribution in [2.75, 3.05) is 5.32 Å². The molecule has 4 aromatic rings. The number of furan rings is 1. The summed E-state index contributed by atoms with van der Waals surface area (Å²) in [5.41, 5.74) is 2.23. The van der Waals surface area contributed by atoms with Gasteiger partial charge in [-0.3, -0.25) is 4.79 Å². The third kappa shape index (κ3) is 3.43. The summed E-state index contributed by atoms with van der Waals surface area (Å²) in [5.74, 6) is 0.221. The van der Waals surface area contributed by atoms with Crippen LogP contribution in [0.4, 0.5) is 5.69 Å². The van der Waals surface area contributed by atoms with E-state index in [4.69, 9.17) is 16.0 Å². The molecule has 0 unspecified atom stereocenters. The fourth-order valence-corrected chi connectivity index (χ4v) is 3.45. The first-order chi connectivity index (χ1) is 12.2. The third-order valence-corrected chi connectivity index (χ3v) is 4.90. The maximum atomic E-state index is 12.6. The highest BCUT2D eigenvalue weighted by atomic mass is 35.5. The lowest BCUT2D eigenvalue weighted by Crippen LogP contribution is -2.01. The molecule has 4 nitrogen and oxygen atoms in total. The van der Waals surface area contributed by atoms with E-state index < -0.39 is 0 Å². The molecule has 0 radical (unpaired) electrons. The molecule has 0 aliphatic heterocycles. The normalized spacial score (nSPS) is 10.9. The van der Waals surface area contributed by atoms with Gasteiger partial charge in [-0.2, -0.15) is 0 Å². The van der Waals surface area contributed by atoms with E-state index in [9.17, 15) is 4.79 Å². The van der Waals surface area contributed by atoms with Crippen molar-refractivity contribution in [1.29, 1.82) is 0 Å². The summed E-state index contributed by atoms with van der Waals surface area (Å²) in [4.78, 5) is 17.6. The number of anilines is 1. The maximum absolute atomic E-state index is 12.6. The Bertz CT molecular complexity index is 1000. The van der Waals surface area contributed by atoms with Crippen molar-refractivity contribution in [3.05, 3.63) is 81.5 Å². The van der Waals surface area contributed by atoms with Crippen LogP contribution >= 0.6 is 22.9 Å². The Kier molecular flexibility index (Phi) is 4.26. The highest BCUT2D eigenvalue weighted by Crippen LogP contribution is 2.23. The van der Waals surface area contributed by atoms with Gasteiger partial charge in [0, 0.05) is 27.7 Å². The quantitative estimate of drug-likeness (QED) is 0.480. The second kappa shape index (κ2) is 6.70. The van der Waals surface area contributed by atoms with E-state index in [1.54, 1.807) is 24.4 Å². The highest BCUT2D eigenvalue weighted by Gasteiger charge is 2.14. The summed E-state index contributed by atoms with van der Waals surface area (Å²) in [6.45, 7) is 0.640. The predicted octanol–water partition coefficient (Wildman–Crippen LogP) is 5.39. The van der Waals surface area contributed by atoms with Crippen LogP contribution in [0, 0.1) is 0 Å². The molecule has 4 rings (SSSR count). The van der Waals surface area contributed by atoms with Crippen molar-refractivity contribution in [2.45, 2.75) is 6.54 Å². The molecule has 124 valence electrons. The smallest absolute Gasteiger partial charge is 0.228 e. The molecule has 0 aliphatic rings. The fourth-order valence-electron chi connectivity index (χ4n) is 2.53. The van der Waals surface area contributed by atoms with Crippen molar-refractivity contribution < 1.29 is 9.21 Å². The van der Waals surface area contributed by atoms with E-state index in [2.05, 4.69) is 10.3 Å². The second-order valence-corrected chi connectivity index (χ2v) is 7.19. The molecule has 2 aromatic heterocycles. The lowest BCUT2D eigenvalue weighted by atomic mass is 10.1. The lowest BCUT2D eigenvalue weighted by Gasteiger charge is -2.05. The van der Waals surface area contributed by atoms with Gasteiger partial charge in [-0.1, -0.05) is 29.8 Å². The van der Waals surface area contributed by atoms with Gasteiger partial charge in [-0.05, 0) is 36.4 Å². The van der Waals surface area contributed by atoms with Crippen molar-refractivity contribution in [3.8, 4) is 0 Å². The van der Waals surface area contributed by atoms with Crippen molar-refractivity contribution in [3.63, 3.8) is 0 Å². The third-order valence-electron chi connectivity index (χ3n) is 3.79. The molecule has 1 N–H and O–H groups in total. The van der Waals surface area contributed by atoms with Crippen molar-refractivity contribution >= 4 is 45.4 Å². The average Bonchev–Trinajstić information content (AvgIpc) is 3.25. The Hall–Kier alpha value is -2.63. The first-order valence-corrected chi connectivity index (χ1v) is 8.86. The van der Waals surface area contributed by atoms with E-state index in [1.807, 2.05) is 36.4 Å². The molecule has 0 bridgehead atoms. The van der Waals surface area contributed by atoms with Crippen LogP contribution in [0.3, 0.4) is 0 Å². The van der Waals surface area contributed by atoms with Gasteiger partial charge in [-0.25, -0.2) is 4.98 Å². The number of rotatable bonds is 5. The largest absolute Gasteiger partial charge is 0.453 e. The number of nitrogens with zero attached hydrogens (tertiary/aromatic N) is 1. The fraction of sp³-hybridized carbons (Fsp3) is 0.0526. The van der Waals surface area contributed by atoms with Crippen LogP contribution in [0.25, 0.3) is 11.0 Å². The average molecular weight is 369 g/mol. The van der Waals surface area contributed by atoms with E-state index in [1.165, 1.54) is 11.3 Å². The van der Waals surface area contributed by atoms with Crippen LogP contribution in [-0.4, -0.2) is 10.8 Å². The number of carbonyl (C=O) groups is 1. The Balaban J connectivity index is 1.48. The van der Waals surface area contributed by atoms with Gasteiger partial charge < -0.3 is 9.73 Å². The molecule has 25 heavy (non-hydrogen) atoms. The number of benzene rings is 2. The van der Waals surface area contributed by atoms with E-state index in [0.717, 1.165) is 16.0 Å². The van der Waals surface area contributed by atoms with Gasteiger partial charge in [0.2, 0.25) is 5.78 Å². The molecule has 0 spiro atoms. The second-order valence-electron chi connectivity index (χ2n) is 5.49. The predicted molar refractivity (Wildman–Crippen MR) is 101 cm³/mol. The summed E-state index contributed by atoms with van der Waals surface area (Å²) >= 11 is 7.26. The van der Waals surface area contributed by atoms with Gasteiger partial charge >= 0.3 is 0 Å². The summed E-state index contributed by atoms with van der Waals surface area (Å²) in [7, 11) is 0. The number of aromatic nitrogens is 1. The zero-order valence-corrected chi connectivity index (χ0v) is 14.6. The molecule has 0 atom stereocenters. The molecule has 0 saturated carbocycles. The molecular weight excluding hydrogens is 356 g/mol. The standard InChI is InChI=1S/C19H13ClN2O2S/c20-19-22-11-15(25-19)10-21-14-7-5-12(6-8-14)18(23)17-9-13-3-1-2-4-16(13)24-17/h1-9,11,21H,10H2. The number of carbonyl (C=O) groups excluding carboxylic acids is 1. The highest BCUT2D eigenvalue weighted by molar-refractivity contribution is 7.15. The lowest BCUT2D eigenvalue weighted by molar-refractivity contribution is 0.101. The van der Waals surface area contributed by atoms with Gasteiger partial charge in [0.15, 0.2) is 10.2 Å². The first-order valence-electron chi connectivity index (χ1n) is 7.66. The zero-order chi connectivity index (χ0) is 17.2. The molecular formula is C19H13ClN2O2S. The number of para-hydroxylation sites is 1. The number of fused-ring (bicyclic) bond motifs is 1. The van der Waals surface area contributed by atoms with Gasteiger partial charge in [-0.15, -0.1) is 11.3 Å². The van der Waals surface area contributed by atoms with Crippen LogP contribution in [-0.2, 0) is 6.54 Å². The number of halogens is 1. The van der Waals surface area contributed by atoms with E-state index >= 15 is 0 Å². The minimum Gasteiger partial charge on any atom is -0.453 e. The Labute approximate surface area is 153 Å². The first kappa shape index (κ1) is 15.9. The Morgan fingerprint density at radius 1 is 1.16 bits per heavy atom. The molecule has 0 amide bonds. The number of hydrogen-bond acceptors (Lipinski definition) is 5. The molecule has 0 fully saturated rings. The number of ketones is 1. The van der Waals surface area contributed by atoms with Gasteiger partial charge in [0.05, 0.1) is 6.54 Å². The molecule has 2 heterocycles. The van der Waals surface area contributed by atoms with Crippen molar-refractivity contribution in [1.82, 2.24) is 4.98 Å². The monoisotopic (exact) mass is 368 g/mol. The minimum absolute atomic E-state index is 0.128. The maximum Gasteiger partial charge on any atom is 0.228 e. The summed E-state index contributed by atoms with van der Waals surface area (Å²) in [6, 6.07) is 16.7. The number of thiazole rings is 1. The summed E-state index contributed by atoms with van der Waals surface area (Å²) < 4.78 is 6.17. The Morgan fingerprint density at radius 3 is 2.68 bits per heavy atom. The molecule has 6 heteroatoms. The van der Waals surface area contributed by atoms with Crippen LogP contribution in [0.5, 0.6) is 0 Å². The van der Waals surface area contributed by atoms with Gasteiger partial charge in [0.1, 0.15) is 5.58 Å². The van der Waals surface area contributed by atoms with Gasteiger partial charge in [0.25, 0.3) is 0 Å². The number of hydrogen-bond donors (Lipinski definition) is 1. The van der Waals surface area contributed by atoms with Crippen LogP contribution in [0.1, 0.15) is 21.0 Å². The number of nitrogens with one attached hydrogen (secondary N) is 1. The summed E-state index contributed by atoms with van der Waals surface area (Å²) in [5, 5.41) is 4.20. The molecule has 0 saturated heterocycles. The van der Waals surface area contributed by atoms with Crippen molar-refractivity contribution in [2.24, 2.45) is 0 Å². The minimum atomic E-state index is -0.128. The molecule has 0 aliphatic carbocycles.